The van der Waals surface area contributed by atoms with Gasteiger partial charge in [0.2, 0.25) is 0 Å². The summed E-state index contributed by atoms with van der Waals surface area (Å²) < 4.78 is 28.6. The average Bonchev–Trinajstić information content (AvgIpc) is 3.28. The minimum atomic E-state index is -0.738. The Morgan fingerprint density at radius 1 is 1.18 bits per heavy atom. The van der Waals surface area contributed by atoms with Crippen LogP contribution < -0.4 is 16.0 Å². The van der Waals surface area contributed by atoms with Crippen molar-refractivity contribution in [2.24, 2.45) is 5.92 Å². The van der Waals surface area contributed by atoms with Gasteiger partial charge in [-0.15, -0.1) is 11.6 Å². The summed E-state index contributed by atoms with van der Waals surface area (Å²) in [6.07, 6.45) is 0.857. The number of anilines is 3. The van der Waals surface area contributed by atoms with Gasteiger partial charge >= 0.3 is 0 Å². The van der Waals surface area contributed by atoms with Gasteiger partial charge in [-0.2, -0.15) is 0 Å². The highest BCUT2D eigenvalue weighted by Crippen LogP contribution is 2.52. The Balaban J connectivity index is 1.82. The molecule has 0 aliphatic heterocycles. The highest BCUT2D eigenvalue weighted by Gasteiger charge is 2.50. The highest BCUT2D eigenvalue weighted by atomic mass is 35.5. The molecule has 0 bridgehead atoms. The Bertz CT molecular complexity index is 957. The molecular weight excluding hydrogens is 403 g/mol. The third kappa shape index (κ3) is 4.10. The second kappa shape index (κ2) is 7.64. The highest BCUT2D eigenvalue weighted by molar-refractivity contribution is 6.32. The van der Waals surface area contributed by atoms with Crippen LogP contribution in [-0.2, 0) is 0 Å². The van der Waals surface area contributed by atoms with E-state index in [1.54, 1.807) is 25.2 Å². The SMILES string of the molecule is C=C(Nc1c(F)ccc(NC)c1F)c1cc(NC(=C)C2CC2(C)Cl)ccc1Cl. The van der Waals surface area contributed by atoms with Crippen molar-refractivity contribution in [2.75, 3.05) is 23.0 Å². The van der Waals surface area contributed by atoms with Crippen LogP contribution in [0.2, 0.25) is 5.02 Å². The van der Waals surface area contributed by atoms with E-state index in [1.165, 1.54) is 12.1 Å². The summed E-state index contributed by atoms with van der Waals surface area (Å²) in [6.45, 7) is 9.90. The molecule has 0 spiro atoms. The summed E-state index contributed by atoms with van der Waals surface area (Å²) in [6, 6.07) is 7.72. The maximum atomic E-state index is 14.5. The van der Waals surface area contributed by atoms with Crippen molar-refractivity contribution in [1.82, 2.24) is 0 Å². The van der Waals surface area contributed by atoms with Crippen LogP contribution in [0.25, 0.3) is 5.70 Å². The molecule has 1 fully saturated rings. The molecule has 1 aliphatic carbocycles. The molecule has 2 aromatic carbocycles. The first-order chi connectivity index (χ1) is 13.1. The van der Waals surface area contributed by atoms with Gasteiger partial charge in [0.25, 0.3) is 0 Å². The first-order valence-electron chi connectivity index (χ1n) is 8.70. The van der Waals surface area contributed by atoms with Crippen LogP contribution in [0, 0.1) is 17.6 Å². The van der Waals surface area contributed by atoms with Gasteiger partial charge in [-0.05, 0) is 43.7 Å². The fourth-order valence-corrected chi connectivity index (χ4v) is 3.53. The number of hydrogen-bond donors (Lipinski definition) is 3. The van der Waals surface area contributed by atoms with Crippen molar-refractivity contribution in [3.05, 3.63) is 71.4 Å². The Morgan fingerprint density at radius 3 is 2.46 bits per heavy atom. The van der Waals surface area contributed by atoms with Gasteiger partial charge in [-0.3, -0.25) is 0 Å². The predicted octanol–water partition coefficient (Wildman–Crippen LogP) is 6.69. The van der Waals surface area contributed by atoms with Gasteiger partial charge in [0.05, 0.1) is 15.6 Å². The van der Waals surface area contributed by atoms with Crippen LogP contribution in [0.1, 0.15) is 18.9 Å². The number of alkyl halides is 1. The quantitative estimate of drug-likeness (QED) is 0.434. The minimum Gasteiger partial charge on any atom is -0.386 e. The molecule has 0 amide bonds. The molecule has 0 saturated heterocycles. The van der Waals surface area contributed by atoms with E-state index < -0.39 is 11.6 Å². The van der Waals surface area contributed by atoms with Gasteiger partial charge in [-0.25, -0.2) is 8.78 Å². The number of allylic oxidation sites excluding steroid dienone is 1. The fraction of sp³-hybridized carbons (Fsp3) is 0.238. The largest absolute Gasteiger partial charge is 0.386 e. The van der Waals surface area contributed by atoms with Crippen LogP contribution in [0.4, 0.5) is 25.8 Å². The van der Waals surface area contributed by atoms with Crippen LogP contribution in [-0.4, -0.2) is 11.9 Å². The van der Waals surface area contributed by atoms with E-state index in [0.29, 0.717) is 10.6 Å². The zero-order chi connectivity index (χ0) is 20.6. The van der Waals surface area contributed by atoms with E-state index in [-0.39, 0.29) is 27.9 Å². The summed E-state index contributed by atoms with van der Waals surface area (Å²) in [5.41, 5.74) is 2.19. The summed E-state index contributed by atoms with van der Waals surface area (Å²) >= 11 is 12.6. The zero-order valence-electron chi connectivity index (χ0n) is 15.6. The van der Waals surface area contributed by atoms with E-state index in [1.807, 2.05) is 6.92 Å². The third-order valence-corrected chi connectivity index (χ3v) is 5.57. The van der Waals surface area contributed by atoms with Crippen LogP contribution in [0.3, 0.4) is 0 Å². The normalized spacial score (nSPS) is 20.4. The number of nitrogens with one attached hydrogen (secondary N) is 3. The van der Waals surface area contributed by atoms with Crippen molar-refractivity contribution in [1.29, 1.82) is 0 Å². The van der Waals surface area contributed by atoms with Gasteiger partial charge in [-0.1, -0.05) is 24.8 Å². The molecule has 0 radical (unpaired) electrons. The minimum absolute atomic E-state index is 0.170. The molecule has 3 nitrogen and oxygen atoms in total. The molecule has 0 heterocycles. The molecule has 2 aromatic rings. The maximum absolute atomic E-state index is 14.5. The van der Waals surface area contributed by atoms with E-state index in [4.69, 9.17) is 23.2 Å². The second-order valence-electron chi connectivity index (χ2n) is 7.02. The standard InChI is InChI=1S/C21H21Cl2F2N3/c1-11(28-20-17(24)7-8-18(26-4)19(20)25)14-9-13(5-6-16(14)22)27-12(2)15-10-21(15,3)23/h5-9,15,26-28H,1-2,10H2,3-4H3. The average molecular weight is 424 g/mol. The summed E-state index contributed by atoms with van der Waals surface area (Å²) in [7, 11) is 1.56. The number of halogens is 4. The third-order valence-electron chi connectivity index (χ3n) is 4.82. The lowest BCUT2D eigenvalue weighted by molar-refractivity contribution is 0.593. The Morgan fingerprint density at radius 2 is 1.86 bits per heavy atom. The summed E-state index contributed by atoms with van der Waals surface area (Å²) in [5.74, 6) is -1.29. The van der Waals surface area contributed by atoms with Crippen molar-refractivity contribution in [3.8, 4) is 0 Å². The van der Waals surface area contributed by atoms with Crippen molar-refractivity contribution in [2.45, 2.75) is 18.2 Å². The lowest BCUT2D eigenvalue weighted by atomic mass is 10.1. The van der Waals surface area contributed by atoms with E-state index in [2.05, 4.69) is 29.1 Å². The molecule has 1 aliphatic rings. The molecule has 148 valence electrons. The van der Waals surface area contributed by atoms with Crippen LogP contribution in [0.15, 0.2) is 49.2 Å². The molecule has 3 rings (SSSR count). The molecule has 7 heteroatoms. The second-order valence-corrected chi connectivity index (χ2v) is 8.29. The zero-order valence-corrected chi connectivity index (χ0v) is 17.1. The molecule has 28 heavy (non-hydrogen) atoms. The Hall–Kier alpha value is -2.24. The molecule has 1 saturated carbocycles. The van der Waals surface area contributed by atoms with Gasteiger partial charge in [0, 0.05) is 35.6 Å². The van der Waals surface area contributed by atoms with Crippen molar-refractivity contribution >= 4 is 46.0 Å². The molecule has 2 atom stereocenters. The monoisotopic (exact) mass is 423 g/mol. The van der Waals surface area contributed by atoms with E-state index >= 15 is 0 Å². The van der Waals surface area contributed by atoms with Gasteiger partial charge in [0.1, 0.15) is 11.5 Å². The van der Waals surface area contributed by atoms with Crippen molar-refractivity contribution < 1.29 is 8.78 Å². The molecular formula is C21H21Cl2F2N3. The maximum Gasteiger partial charge on any atom is 0.172 e. The predicted molar refractivity (Wildman–Crippen MR) is 115 cm³/mol. The number of hydrogen-bond acceptors (Lipinski definition) is 3. The molecule has 2 unspecified atom stereocenters. The fourth-order valence-electron chi connectivity index (χ4n) is 3.01. The summed E-state index contributed by atoms with van der Waals surface area (Å²) in [5, 5.41) is 8.99. The Labute approximate surface area is 173 Å². The van der Waals surface area contributed by atoms with Crippen LogP contribution in [0.5, 0.6) is 0 Å². The topological polar surface area (TPSA) is 36.1 Å². The van der Waals surface area contributed by atoms with E-state index in [0.717, 1.165) is 17.8 Å². The lowest BCUT2D eigenvalue weighted by Gasteiger charge is -2.17. The first-order valence-corrected chi connectivity index (χ1v) is 9.46. The summed E-state index contributed by atoms with van der Waals surface area (Å²) in [4.78, 5) is -0.266. The smallest absolute Gasteiger partial charge is 0.172 e. The van der Waals surface area contributed by atoms with Gasteiger partial charge in [0.15, 0.2) is 5.82 Å². The van der Waals surface area contributed by atoms with E-state index in [9.17, 15) is 8.78 Å². The number of rotatable bonds is 7. The molecule has 3 N–H and O–H groups in total. The Kier molecular flexibility index (Phi) is 5.60. The van der Waals surface area contributed by atoms with Crippen LogP contribution >= 0.6 is 23.2 Å². The number of benzene rings is 2. The van der Waals surface area contributed by atoms with Gasteiger partial charge < -0.3 is 16.0 Å². The lowest BCUT2D eigenvalue weighted by Crippen LogP contribution is -2.07. The molecule has 0 aromatic heterocycles. The first kappa shape index (κ1) is 20.5. The van der Waals surface area contributed by atoms with Crippen molar-refractivity contribution in [3.63, 3.8) is 0 Å².